The number of carboxylic acid groups (broad SMARTS) is 1. The molecule has 3 N–H and O–H groups in total. The Kier molecular flexibility index (Phi) is 6.89. The van der Waals surface area contributed by atoms with Gasteiger partial charge in [0.25, 0.3) is 0 Å². The number of amides is 1. The first-order valence-corrected chi connectivity index (χ1v) is 8.69. The second-order valence-electron chi connectivity index (χ2n) is 5.34. The molecule has 128 valence electrons. The molecule has 1 amide bonds. The van der Waals surface area contributed by atoms with Gasteiger partial charge in [0.1, 0.15) is 17.1 Å². The van der Waals surface area contributed by atoms with Gasteiger partial charge in [-0.05, 0) is 12.0 Å². The zero-order valence-electron chi connectivity index (χ0n) is 13.4. The molecule has 2 unspecified atom stereocenters. The summed E-state index contributed by atoms with van der Waals surface area (Å²) in [6.07, 6.45) is 2.91. The van der Waals surface area contributed by atoms with Crippen LogP contribution in [0.1, 0.15) is 36.4 Å². The quantitative estimate of drug-likeness (QED) is 0.647. The van der Waals surface area contributed by atoms with E-state index in [0.29, 0.717) is 6.42 Å². The molecular weight excluding hydrogens is 326 g/mol. The normalized spacial score (nSPS) is 13.2. The smallest absolute Gasteiger partial charge is 0.320 e. The molecule has 0 spiro atoms. The van der Waals surface area contributed by atoms with E-state index in [1.807, 2.05) is 42.6 Å². The van der Waals surface area contributed by atoms with Crippen molar-refractivity contribution in [2.75, 3.05) is 6.54 Å². The maximum Gasteiger partial charge on any atom is 0.320 e. The van der Waals surface area contributed by atoms with Gasteiger partial charge in [-0.1, -0.05) is 43.7 Å². The fraction of sp³-hybridized carbons (Fsp3) is 0.353. The molecule has 1 aromatic carbocycles. The molecular formula is C17H21N3O3S. The summed E-state index contributed by atoms with van der Waals surface area (Å²) < 4.78 is 0. The Morgan fingerprint density at radius 1 is 1.29 bits per heavy atom. The second kappa shape index (κ2) is 9.14. The van der Waals surface area contributed by atoms with Gasteiger partial charge >= 0.3 is 5.97 Å². The van der Waals surface area contributed by atoms with Crippen LogP contribution in [0.5, 0.6) is 0 Å². The van der Waals surface area contributed by atoms with Crippen molar-refractivity contribution >= 4 is 23.2 Å². The van der Waals surface area contributed by atoms with Gasteiger partial charge in [0.15, 0.2) is 0 Å². The van der Waals surface area contributed by atoms with Gasteiger partial charge < -0.3 is 10.4 Å². The summed E-state index contributed by atoms with van der Waals surface area (Å²) in [7, 11) is 0. The lowest BCUT2D eigenvalue weighted by Gasteiger charge is -2.18. The first kappa shape index (κ1) is 18.1. The standard InChI is InChI=1S/C17H21N3O3S/c1-2-6-13(17(22)23)19-11-14(21)20-15(16-18-9-10-24-16)12-7-4-3-5-8-12/h3-5,7-10,13,15,19H,2,6,11H2,1H3,(H,20,21)(H,22,23). The topological polar surface area (TPSA) is 91.3 Å². The third kappa shape index (κ3) is 5.14. The van der Waals surface area contributed by atoms with E-state index in [-0.39, 0.29) is 18.5 Å². The molecule has 1 aromatic heterocycles. The van der Waals surface area contributed by atoms with Crippen molar-refractivity contribution in [2.24, 2.45) is 0 Å². The van der Waals surface area contributed by atoms with Crippen LogP contribution in [0, 0.1) is 0 Å². The molecule has 1 heterocycles. The van der Waals surface area contributed by atoms with Crippen molar-refractivity contribution in [1.82, 2.24) is 15.6 Å². The Morgan fingerprint density at radius 3 is 2.62 bits per heavy atom. The third-order valence-electron chi connectivity index (χ3n) is 3.52. The van der Waals surface area contributed by atoms with Crippen molar-refractivity contribution in [3.05, 3.63) is 52.5 Å². The summed E-state index contributed by atoms with van der Waals surface area (Å²) in [6.45, 7) is 1.86. The number of aliphatic carboxylic acids is 1. The van der Waals surface area contributed by atoms with Gasteiger partial charge in [0.2, 0.25) is 5.91 Å². The van der Waals surface area contributed by atoms with E-state index in [2.05, 4.69) is 15.6 Å². The van der Waals surface area contributed by atoms with Crippen LogP contribution in [0.2, 0.25) is 0 Å². The molecule has 0 aliphatic carbocycles. The number of hydrogen-bond donors (Lipinski definition) is 3. The number of nitrogens with zero attached hydrogens (tertiary/aromatic N) is 1. The molecule has 0 bridgehead atoms. The average molecular weight is 347 g/mol. The van der Waals surface area contributed by atoms with Crippen molar-refractivity contribution in [3.63, 3.8) is 0 Å². The Bertz CT molecular complexity index is 646. The van der Waals surface area contributed by atoms with Gasteiger partial charge in [-0.3, -0.25) is 14.9 Å². The zero-order chi connectivity index (χ0) is 17.4. The molecule has 6 nitrogen and oxygen atoms in total. The second-order valence-corrected chi connectivity index (χ2v) is 6.27. The minimum Gasteiger partial charge on any atom is -0.480 e. The maximum absolute atomic E-state index is 12.3. The molecule has 0 aliphatic rings. The van der Waals surface area contributed by atoms with E-state index in [0.717, 1.165) is 17.0 Å². The van der Waals surface area contributed by atoms with Crippen LogP contribution in [0.25, 0.3) is 0 Å². The first-order valence-electron chi connectivity index (χ1n) is 7.81. The van der Waals surface area contributed by atoms with Gasteiger partial charge in [-0.15, -0.1) is 11.3 Å². The maximum atomic E-state index is 12.3. The van der Waals surface area contributed by atoms with Crippen LogP contribution in [0.15, 0.2) is 41.9 Å². The average Bonchev–Trinajstić information content (AvgIpc) is 3.11. The number of carbonyl (C=O) groups excluding carboxylic acids is 1. The Hall–Kier alpha value is -2.25. The Labute approximate surface area is 144 Å². The van der Waals surface area contributed by atoms with Gasteiger partial charge in [-0.2, -0.15) is 0 Å². The molecule has 7 heteroatoms. The highest BCUT2D eigenvalue weighted by Gasteiger charge is 2.21. The molecule has 2 rings (SSSR count). The Morgan fingerprint density at radius 2 is 2.04 bits per heavy atom. The summed E-state index contributed by atoms with van der Waals surface area (Å²) in [5.74, 6) is -1.20. The summed E-state index contributed by atoms with van der Waals surface area (Å²) in [4.78, 5) is 27.7. The highest BCUT2D eigenvalue weighted by molar-refractivity contribution is 7.09. The highest BCUT2D eigenvalue weighted by Crippen LogP contribution is 2.23. The molecule has 0 saturated heterocycles. The minimum absolute atomic E-state index is 0.0499. The van der Waals surface area contributed by atoms with Gasteiger partial charge in [0, 0.05) is 11.6 Å². The number of nitrogens with one attached hydrogen (secondary N) is 2. The zero-order valence-corrected chi connectivity index (χ0v) is 14.3. The number of thiazole rings is 1. The highest BCUT2D eigenvalue weighted by atomic mass is 32.1. The fourth-order valence-corrected chi connectivity index (χ4v) is 3.05. The van der Waals surface area contributed by atoms with Crippen molar-refractivity contribution < 1.29 is 14.7 Å². The third-order valence-corrected chi connectivity index (χ3v) is 4.36. The summed E-state index contributed by atoms with van der Waals surface area (Å²) in [5.41, 5.74) is 0.934. The van der Waals surface area contributed by atoms with Crippen LogP contribution >= 0.6 is 11.3 Å². The van der Waals surface area contributed by atoms with Crippen LogP contribution in [-0.4, -0.2) is 34.6 Å². The summed E-state index contributed by atoms with van der Waals surface area (Å²) >= 11 is 1.46. The molecule has 0 saturated carbocycles. The summed E-state index contributed by atoms with van der Waals surface area (Å²) in [5, 5.41) is 17.5. The van der Waals surface area contributed by atoms with Gasteiger partial charge in [-0.25, -0.2) is 4.98 Å². The SMILES string of the molecule is CCCC(NCC(=O)NC(c1ccccc1)c1nccs1)C(=O)O. The van der Waals surface area contributed by atoms with E-state index >= 15 is 0 Å². The largest absolute Gasteiger partial charge is 0.480 e. The first-order chi connectivity index (χ1) is 11.6. The predicted molar refractivity (Wildman–Crippen MR) is 92.9 cm³/mol. The number of carboxylic acids is 1. The molecule has 0 fully saturated rings. The van der Waals surface area contributed by atoms with E-state index in [1.54, 1.807) is 6.20 Å². The van der Waals surface area contributed by atoms with Crippen molar-refractivity contribution in [1.29, 1.82) is 0 Å². The fourth-order valence-electron chi connectivity index (χ4n) is 2.34. The van der Waals surface area contributed by atoms with Crippen molar-refractivity contribution in [3.8, 4) is 0 Å². The van der Waals surface area contributed by atoms with Crippen LogP contribution in [0.4, 0.5) is 0 Å². The number of hydrogen-bond acceptors (Lipinski definition) is 5. The monoisotopic (exact) mass is 347 g/mol. The lowest BCUT2D eigenvalue weighted by atomic mass is 10.1. The lowest BCUT2D eigenvalue weighted by molar-refractivity contribution is -0.139. The van der Waals surface area contributed by atoms with Crippen LogP contribution in [-0.2, 0) is 9.59 Å². The molecule has 2 atom stereocenters. The molecule has 24 heavy (non-hydrogen) atoms. The summed E-state index contributed by atoms with van der Waals surface area (Å²) in [6, 6.07) is 8.53. The van der Waals surface area contributed by atoms with Crippen molar-refractivity contribution in [2.45, 2.75) is 31.8 Å². The number of carbonyl (C=O) groups is 2. The van der Waals surface area contributed by atoms with E-state index < -0.39 is 12.0 Å². The minimum atomic E-state index is -0.941. The predicted octanol–water partition coefficient (Wildman–Crippen LogP) is 2.19. The Balaban J connectivity index is 2.02. The number of benzene rings is 1. The number of rotatable bonds is 9. The van der Waals surface area contributed by atoms with Gasteiger partial charge in [0.05, 0.1) is 6.54 Å². The molecule has 0 aliphatic heterocycles. The molecule has 2 aromatic rings. The molecule has 0 radical (unpaired) electrons. The van der Waals surface area contributed by atoms with E-state index in [9.17, 15) is 9.59 Å². The van der Waals surface area contributed by atoms with E-state index in [1.165, 1.54) is 11.3 Å². The van der Waals surface area contributed by atoms with E-state index in [4.69, 9.17) is 5.11 Å². The lowest BCUT2D eigenvalue weighted by Crippen LogP contribution is -2.44. The number of aromatic nitrogens is 1. The van der Waals surface area contributed by atoms with Crippen LogP contribution < -0.4 is 10.6 Å². The van der Waals surface area contributed by atoms with Crippen LogP contribution in [0.3, 0.4) is 0 Å².